The van der Waals surface area contributed by atoms with Gasteiger partial charge in [-0.25, -0.2) is 9.97 Å². The quantitative estimate of drug-likeness (QED) is 0.620. The number of imidazole rings is 1. The zero-order chi connectivity index (χ0) is 6.97. The normalized spacial score (nSPS) is 9.45. The molecule has 2 aromatic rings. The first-order valence-corrected chi connectivity index (χ1v) is 3.15. The molecule has 0 aliphatic heterocycles. The lowest BCUT2D eigenvalue weighted by Gasteiger charge is -1.84. The molecule has 4 nitrogen and oxygen atoms in total. The molecule has 0 bridgehead atoms. The van der Waals surface area contributed by atoms with Crippen LogP contribution in [0.1, 0.15) is 0 Å². The van der Waals surface area contributed by atoms with Gasteiger partial charge in [-0.15, -0.1) is 12.4 Å². The first-order valence-electron chi connectivity index (χ1n) is 2.75. The molecule has 0 atom stereocenters. The molecule has 2 N–H and O–H groups in total. The Hall–Kier alpha value is -0.940. The Bertz CT molecular complexity index is 406. The van der Waals surface area contributed by atoms with Gasteiger partial charge < -0.3 is 9.97 Å². The van der Waals surface area contributed by atoms with Crippen molar-refractivity contribution in [2.24, 2.45) is 0 Å². The van der Waals surface area contributed by atoms with Crippen LogP contribution < -0.4 is 0 Å². The summed E-state index contributed by atoms with van der Waals surface area (Å²) < 4.78 is 0.547. The van der Waals surface area contributed by atoms with Crippen molar-refractivity contribution in [2.45, 2.75) is 0 Å². The fourth-order valence-corrected chi connectivity index (χ4v) is 0.992. The van der Waals surface area contributed by atoms with Gasteiger partial charge in [0.25, 0.3) is 0 Å². The maximum absolute atomic E-state index is 4.91. The number of rotatable bonds is 0. The number of fused-ring (bicyclic) bond motifs is 1. The van der Waals surface area contributed by atoms with Crippen LogP contribution >= 0.6 is 24.6 Å². The minimum atomic E-state index is 0. The Morgan fingerprint density at radius 2 is 1.91 bits per heavy atom. The van der Waals surface area contributed by atoms with Gasteiger partial charge in [0.1, 0.15) is 5.52 Å². The summed E-state index contributed by atoms with van der Waals surface area (Å²) >= 11 is 4.91. The molecule has 0 aliphatic carbocycles. The van der Waals surface area contributed by atoms with E-state index >= 15 is 0 Å². The summed E-state index contributed by atoms with van der Waals surface area (Å²) in [5.41, 5.74) is 1.54. The highest BCUT2D eigenvalue weighted by Gasteiger charge is 1.94. The highest BCUT2D eigenvalue weighted by atomic mass is 35.5. The maximum Gasteiger partial charge on any atom is 0.159 e. The number of aromatic nitrogens is 4. The Morgan fingerprint density at radius 1 is 1.18 bits per heavy atom. The van der Waals surface area contributed by atoms with Crippen molar-refractivity contribution in [2.75, 3.05) is 0 Å². The number of nitrogens with zero attached hydrogens (tertiary/aromatic N) is 2. The van der Waals surface area contributed by atoms with Crippen molar-refractivity contribution < 1.29 is 0 Å². The van der Waals surface area contributed by atoms with Gasteiger partial charge in [0.15, 0.2) is 10.3 Å². The largest absolute Gasteiger partial charge is 0.341 e. The number of hydrogen-bond acceptors (Lipinski definition) is 3. The van der Waals surface area contributed by atoms with Gasteiger partial charge in [0.05, 0.1) is 12.7 Å². The van der Waals surface area contributed by atoms with Gasteiger partial charge >= 0.3 is 0 Å². The van der Waals surface area contributed by atoms with Crippen molar-refractivity contribution in [3.63, 3.8) is 0 Å². The SMILES string of the molecule is Cl.S=c1[15n][13cH][15nH]c2nc[nH]c12. The molecule has 0 saturated carbocycles. The average molecular weight is 192 g/mol. The van der Waals surface area contributed by atoms with Gasteiger partial charge in [-0.05, 0) is 0 Å². The van der Waals surface area contributed by atoms with Gasteiger partial charge in [0.2, 0.25) is 0 Å². The number of H-pyrrole nitrogens is 2. The summed E-state index contributed by atoms with van der Waals surface area (Å²) in [4.78, 5) is 13.6. The van der Waals surface area contributed by atoms with E-state index in [0.717, 1.165) is 11.2 Å². The topological polar surface area (TPSA) is 57.4 Å². The highest BCUT2D eigenvalue weighted by Crippen LogP contribution is 2.02. The predicted molar refractivity (Wildman–Crippen MR) is 46.3 cm³/mol. The van der Waals surface area contributed by atoms with Crippen molar-refractivity contribution in [3.8, 4) is 0 Å². The van der Waals surface area contributed by atoms with E-state index in [4.69, 9.17) is 12.2 Å². The lowest BCUT2D eigenvalue weighted by Crippen LogP contribution is -1.80. The predicted octanol–water partition coefficient (Wildman–Crippen LogP) is 1.44. The molecular weight excluding hydrogens is 187 g/mol. The Morgan fingerprint density at radius 3 is 2.64 bits per heavy atom. The van der Waals surface area contributed by atoms with Crippen molar-refractivity contribution in [1.82, 2.24) is 19.9 Å². The summed E-state index contributed by atoms with van der Waals surface area (Å²) in [7, 11) is 0. The van der Waals surface area contributed by atoms with Gasteiger partial charge in [-0.2, -0.15) is 0 Å². The van der Waals surface area contributed by atoms with E-state index in [1.807, 2.05) is 0 Å². The molecule has 0 aliphatic rings. The van der Waals surface area contributed by atoms with E-state index in [2.05, 4.69) is 19.9 Å². The number of aromatic amines is 2. The van der Waals surface area contributed by atoms with Gasteiger partial charge in [-0.3, -0.25) is 0 Å². The smallest absolute Gasteiger partial charge is 0.159 e. The Labute approximate surface area is 73.5 Å². The minimum absolute atomic E-state index is 0. The molecule has 2 heterocycles. The van der Waals surface area contributed by atoms with E-state index in [-0.39, 0.29) is 12.4 Å². The lowest BCUT2D eigenvalue weighted by atomic mass is 10.6. The van der Waals surface area contributed by atoms with E-state index < -0.39 is 0 Å². The van der Waals surface area contributed by atoms with E-state index in [9.17, 15) is 0 Å². The molecule has 0 fully saturated rings. The van der Waals surface area contributed by atoms with Crippen LogP contribution in [0.2, 0.25) is 0 Å². The number of halogens is 1. The van der Waals surface area contributed by atoms with E-state index in [1.54, 1.807) is 6.33 Å². The van der Waals surface area contributed by atoms with Crippen molar-refractivity contribution in [1.29, 1.82) is 0 Å². The average Bonchev–Trinajstić information content (AvgIpc) is 2.36. The van der Waals surface area contributed by atoms with Gasteiger partial charge in [0, 0.05) is 0 Å². The summed E-state index contributed by atoms with van der Waals surface area (Å²) in [6, 6.07) is 0. The van der Waals surface area contributed by atoms with Crippen LogP contribution in [-0.4, -0.2) is 19.9 Å². The molecule has 0 spiro atoms. The third-order valence-corrected chi connectivity index (χ3v) is 1.55. The minimum Gasteiger partial charge on any atom is -0.341 e. The molecule has 2 rings (SSSR count). The molecule has 2 aromatic heterocycles. The monoisotopic (exact) mass is 191 g/mol. The maximum atomic E-state index is 4.91. The summed E-state index contributed by atoms with van der Waals surface area (Å²) in [6.45, 7) is 0. The lowest BCUT2D eigenvalue weighted by molar-refractivity contribution is 1.18. The fraction of sp³-hybridized carbons (Fsp3) is 0. The van der Waals surface area contributed by atoms with Gasteiger partial charge in [-0.1, -0.05) is 12.2 Å². The van der Waals surface area contributed by atoms with Crippen LogP contribution in [0.3, 0.4) is 0 Å². The van der Waals surface area contributed by atoms with Crippen molar-refractivity contribution in [3.05, 3.63) is 17.3 Å². The van der Waals surface area contributed by atoms with Crippen LogP contribution in [0, 0.1) is 4.64 Å². The molecule has 11 heavy (non-hydrogen) atoms. The Balaban J connectivity index is 0.000000605. The fourth-order valence-electron chi connectivity index (χ4n) is 0.783. The second kappa shape index (κ2) is 2.98. The summed E-state index contributed by atoms with van der Waals surface area (Å²) in [5, 5.41) is 0. The molecule has 6 heteroatoms. The summed E-state index contributed by atoms with van der Waals surface area (Å²) in [5.74, 6) is 0. The molecule has 0 radical (unpaired) electrons. The van der Waals surface area contributed by atoms with Crippen LogP contribution in [0.5, 0.6) is 0 Å². The highest BCUT2D eigenvalue weighted by molar-refractivity contribution is 7.71. The molecule has 0 aromatic carbocycles. The second-order valence-corrected chi connectivity index (χ2v) is 2.22. The zero-order valence-electron chi connectivity index (χ0n) is 5.37. The van der Waals surface area contributed by atoms with Crippen LogP contribution in [0.15, 0.2) is 12.7 Å². The molecule has 0 saturated heterocycles. The van der Waals surface area contributed by atoms with E-state index in [1.165, 1.54) is 6.33 Å². The van der Waals surface area contributed by atoms with E-state index in [0.29, 0.717) is 4.64 Å². The first kappa shape index (κ1) is 8.16. The first-order chi connectivity index (χ1) is 4.88. The third kappa shape index (κ3) is 1.24. The van der Waals surface area contributed by atoms with Crippen LogP contribution in [0.4, 0.5) is 0 Å². The van der Waals surface area contributed by atoms with Crippen LogP contribution in [-0.2, 0) is 0 Å². The van der Waals surface area contributed by atoms with Crippen molar-refractivity contribution >= 4 is 35.8 Å². The number of nitrogens with one attached hydrogen (secondary N) is 2. The molecule has 58 valence electrons. The molecule has 0 amide bonds. The summed E-state index contributed by atoms with van der Waals surface area (Å²) in [6.07, 6.45) is 3.12. The standard InChI is InChI=1S/C5H4N4S.ClH/c10-5-3-4(7-1-6-3)8-2-9-5;/h1-2H,(H2,6,7,8,9,10);1H/i2+1,8+1,9+1;. The Kier molecular flexibility index (Phi) is 2.21. The van der Waals surface area contributed by atoms with Crippen LogP contribution in [0.25, 0.3) is 11.2 Å². The third-order valence-electron chi connectivity index (χ3n) is 1.24. The molecule has 0 unspecified atom stereocenters. The zero-order valence-corrected chi connectivity index (χ0v) is 7.00. The number of hydrogen-bond donors (Lipinski definition) is 2. The molecular formula is C5H5ClN4S. The second-order valence-electron chi connectivity index (χ2n) is 1.83.